The van der Waals surface area contributed by atoms with E-state index in [1.165, 1.54) is 32.1 Å². The van der Waals surface area contributed by atoms with E-state index in [0.29, 0.717) is 17.6 Å². The SMILES string of the molecule is O=C(c1cnc(NC2CCCC2)nc1)N1CCCCC1. The summed E-state index contributed by atoms with van der Waals surface area (Å²) in [6.07, 6.45) is 11.7. The quantitative estimate of drug-likeness (QED) is 0.920. The maximum atomic E-state index is 12.3. The van der Waals surface area contributed by atoms with E-state index < -0.39 is 0 Å². The maximum Gasteiger partial charge on any atom is 0.256 e. The number of rotatable bonds is 3. The lowest BCUT2D eigenvalue weighted by Crippen LogP contribution is -2.35. The van der Waals surface area contributed by atoms with Crippen LogP contribution in [0.4, 0.5) is 5.95 Å². The molecule has 1 aromatic rings. The molecule has 0 bridgehead atoms. The number of likely N-dealkylation sites (tertiary alicyclic amines) is 1. The van der Waals surface area contributed by atoms with Crippen LogP contribution in [0.25, 0.3) is 0 Å². The van der Waals surface area contributed by atoms with Gasteiger partial charge in [0.25, 0.3) is 5.91 Å². The van der Waals surface area contributed by atoms with Gasteiger partial charge in [-0.3, -0.25) is 4.79 Å². The van der Waals surface area contributed by atoms with Crippen LogP contribution in [0.2, 0.25) is 0 Å². The molecule has 0 radical (unpaired) electrons. The van der Waals surface area contributed by atoms with Gasteiger partial charge in [-0.05, 0) is 32.1 Å². The lowest BCUT2D eigenvalue weighted by atomic mass is 10.1. The van der Waals surface area contributed by atoms with E-state index >= 15 is 0 Å². The first-order valence-electron chi connectivity index (χ1n) is 7.71. The lowest BCUT2D eigenvalue weighted by Gasteiger charge is -2.26. The summed E-state index contributed by atoms with van der Waals surface area (Å²) >= 11 is 0. The van der Waals surface area contributed by atoms with Gasteiger partial charge in [0.1, 0.15) is 0 Å². The molecule has 5 heteroatoms. The molecule has 3 rings (SSSR count). The first kappa shape index (κ1) is 13.3. The number of piperidine rings is 1. The monoisotopic (exact) mass is 274 g/mol. The highest BCUT2D eigenvalue weighted by molar-refractivity contribution is 5.93. The Morgan fingerprint density at radius 2 is 1.70 bits per heavy atom. The van der Waals surface area contributed by atoms with Gasteiger partial charge in [-0.15, -0.1) is 0 Å². The molecule has 0 unspecified atom stereocenters. The van der Waals surface area contributed by atoms with Crippen molar-refractivity contribution in [1.82, 2.24) is 14.9 Å². The van der Waals surface area contributed by atoms with Crippen LogP contribution in [0.3, 0.4) is 0 Å². The highest BCUT2D eigenvalue weighted by atomic mass is 16.2. The van der Waals surface area contributed by atoms with E-state index in [-0.39, 0.29) is 5.91 Å². The van der Waals surface area contributed by atoms with Crippen LogP contribution in [0.1, 0.15) is 55.3 Å². The summed E-state index contributed by atoms with van der Waals surface area (Å²) in [6.45, 7) is 1.72. The first-order chi connectivity index (χ1) is 9.83. The Morgan fingerprint density at radius 1 is 1.05 bits per heavy atom. The van der Waals surface area contributed by atoms with E-state index in [0.717, 1.165) is 25.9 Å². The fourth-order valence-corrected chi connectivity index (χ4v) is 3.05. The van der Waals surface area contributed by atoms with Crippen molar-refractivity contribution in [3.8, 4) is 0 Å². The molecule has 1 amide bonds. The van der Waals surface area contributed by atoms with Gasteiger partial charge in [0, 0.05) is 31.5 Å². The minimum atomic E-state index is 0.0668. The second kappa shape index (κ2) is 6.20. The number of hydrogen-bond acceptors (Lipinski definition) is 4. The molecule has 108 valence electrons. The zero-order chi connectivity index (χ0) is 13.8. The van der Waals surface area contributed by atoms with E-state index in [4.69, 9.17) is 0 Å². The lowest BCUT2D eigenvalue weighted by molar-refractivity contribution is 0.0723. The number of nitrogens with one attached hydrogen (secondary N) is 1. The largest absolute Gasteiger partial charge is 0.351 e. The maximum absolute atomic E-state index is 12.3. The van der Waals surface area contributed by atoms with Gasteiger partial charge in [0.05, 0.1) is 5.56 Å². The number of anilines is 1. The van der Waals surface area contributed by atoms with Gasteiger partial charge in [0.15, 0.2) is 0 Å². The van der Waals surface area contributed by atoms with E-state index in [1.54, 1.807) is 12.4 Å². The Balaban J connectivity index is 1.61. The van der Waals surface area contributed by atoms with Crippen LogP contribution in [-0.2, 0) is 0 Å². The topological polar surface area (TPSA) is 58.1 Å². The average molecular weight is 274 g/mol. The molecule has 1 aliphatic heterocycles. The number of aromatic nitrogens is 2. The van der Waals surface area contributed by atoms with Gasteiger partial charge in [-0.25, -0.2) is 9.97 Å². The Hall–Kier alpha value is -1.65. The summed E-state index contributed by atoms with van der Waals surface area (Å²) in [5, 5.41) is 3.34. The van der Waals surface area contributed by atoms with Crippen LogP contribution in [0.15, 0.2) is 12.4 Å². The van der Waals surface area contributed by atoms with Crippen LogP contribution >= 0.6 is 0 Å². The van der Waals surface area contributed by atoms with Crippen LogP contribution in [-0.4, -0.2) is 39.9 Å². The standard InChI is InChI=1S/C15H22N4O/c20-14(19-8-4-1-5-9-19)12-10-16-15(17-11-12)18-13-6-2-3-7-13/h10-11,13H,1-9H2,(H,16,17,18). The molecule has 1 saturated carbocycles. The van der Waals surface area contributed by atoms with E-state index in [1.807, 2.05) is 4.90 Å². The van der Waals surface area contributed by atoms with Crippen molar-refractivity contribution < 1.29 is 4.79 Å². The third kappa shape index (κ3) is 3.08. The summed E-state index contributed by atoms with van der Waals surface area (Å²) in [5.41, 5.74) is 0.601. The van der Waals surface area contributed by atoms with Crippen LogP contribution in [0, 0.1) is 0 Å². The van der Waals surface area contributed by atoms with Crippen molar-refractivity contribution in [1.29, 1.82) is 0 Å². The number of carbonyl (C=O) groups excluding carboxylic acids is 1. The fraction of sp³-hybridized carbons (Fsp3) is 0.667. The normalized spacial score (nSPS) is 20.1. The molecule has 5 nitrogen and oxygen atoms in total. The molecular formula is C15H22N4O. The number of carbonyl (C=O) groups is 1. The Morgan fingerprint density at radius 3 is 2.35 bits per heavy atom. The molecule has 2 fully saturated rings. The molecule has 2 heterocycles. The van der Waals surface area contributed by atoms with Gasteiger partial charge < -0.3 is 10.2 Å². The second-order valence-corrected chi connectivity index (χ2v) is 5.77. The van der Waals surface area contributed by atoms with E-state index in [9.17, 15) is 4.79 Å². The number of hydrogen-bond donors (Lipinski definition) is 1. The third-order valence-electron chi connectivity index (χ3n) is 4.23. The third-order valence-corrected chi connectivity index (χ3v) is 4.23. The highest BCUT2D eigenvalue weighted by Crippen LogP contribution is 2.20. The zero-order valence-corrected chi connectivity index (χ0v) is 11.8. The Labute approximate surface area is 119 Å². The molecule has 0 spiro atoms. The predicted molar refractivity (Wildman–Crippen MR) is 77.7 cm³/mol. The average Bonchev–Trinajstić information content (AvgIpc) is 3.01. The fourth-order valence-electron chi connectivity index (χ4n) is 3.05. The number of nitrogens with zero attached hydrogens (tertiary/aromatic N) is 3. The summed E-state index contributed by atoms with van der Waals surface area (Å²) < 4.78 is 0. The zero-order valence-electron chi connectivity index (χ0n) is 11.8. The Bertz CT molecular complexity index is 447. The van der Waals surface area contributed by atoms with E-state index in [2.05, 4.69) is 15.3 Å². The van der Waals surface area contributed by atoms with Gasteiger partial charge in [-0.1, -0.05) is 12.8 Å². The van der Waals surface area contributed by atoms with Crippen molar-refractivity contribution in [2.75, 3.05) is 18.4 Å². The minimum Gasteiger partial charge on any atom is -0.351 e. The molecule has 1 aliphatic carbocycles. The van der Waals surface area contributed by atoms with Gasteiger partial charge in [0.2, 0.25) is 5.95 Å². The predicted octanol–water partition coefficient (Wildman–Crippen LogP) is 2.46. The Kier molecular flexibility index (Phi) is 4.14. The van der Waals surface area contributed by atoms with Crippen molar-refractivity contribution in [3.05, 3.63) is 18.0 Å². The number of amides is 1. The molecular weight excluding hydrogens is 252 g/mol. The highest BCUT2D eigenvalue weighted by Gasteiger charge is 2.19. The van der Waals surface area contributed by atoms with Crippen molar-refractivity contribution in [2.24, 2.45) is 0 Å². The summed E-state index contributed by atoms with van der Waals surface area (Å²) in [7, 11) is 0. The minimum absolute atomic E-state index is 0.0668. The molecule has 0 atom stereocenters. The molecule has 1 saturated heterocycles. The van der Waals surface area contributed by atoms with Crippen molar-refractivity contribution in [3.63, 3.8) is 0 Å². The van der Waals surface area contributed by atoms with Crippen molar-refractivity contribution in [2.45, 2.75) is 51.0 Å². The second-order valence-electron chi connectivity index (χ2n) is 5.77. The van der Waals surface area contributed by atoms with Crippen LogP contribution in [0.5, 0.6) is 0 Å². The summed E-state index contributed by atoms with van der Waals surface area (Å²) in [4.78, 5) is 22.8. The van der Waals surface area contributed by atoms with Gasteiger partial charge in [-0.2, -0.15) is 0 Å². The molecule has 20 heavy (non-hydrogen) atoms. The summed E-state index contributed by atoms with van der Waals surface area (Å²) in [5.74, 6) is 0.712. The van der Waals surface area contributed by atoms with Crippen LogP contribution < -0.4 is 5.32 Å². The first-order valence-corrected chi connectivity index (χ1v) is 7.71. The summed E-state index contributed by atoms with van der Waals surface area (Å²) in [6, 6.07) is 0.499. The van der Waals surface area contributed by atoms with Crippen molar-refractivity contribution >= 4 is 11.9 Å². The molecule has 0 aromatic carbocycles. The molecule has 1 aromatic heterocycles. The molecule has 2 aliphatic rings. The molecule has 1 N–H and O–H groups in total. The van der Waals surface area contributed by atoms with Gasteiger partial charge >= 0.3 is 0 Å². The smallest absolute Gasteiger partial charge is 0.256 e.